The summed E-state index contributed by atoms with van der Waals surface area (Å²) < 4.78 is 28.7. The van der Waals surface area contributed by atoms with Gasteiger partial charge in [0.15, 0.2) is 0 Å². The SMILES string of the molecule is CCNC(=O)[C@H](CC)N(Cc1ccc(Cl)cc1)C(=O)CN(c1cc(Cl)ccc1C)S(=O)(=O)c1ccccc1. The van der Waals surface area contributed by atoms with E-state index in [1.54, 1.807) is 68.4 Å². The lowest BCUT2D eigenvalue weighted by molar-refractivity contribution is -0.140. The number of sulfonamides is 1. The summed E-state index contributed by atoms with van der Waals surface area (Å²) in [6.07, 6.45) is 0.340. The standard InChI is InChI=1S/C28H31Cl2N3O4S/c1-4-25(28(35)31-5-2)32(18-21-12-15-22(29)16-13-21)27(34)19-33(26-17-23(30)14-11-20(26)3)38(36,37)24-9-7-6-8-10-24/h6-17,25H,4-5,18-19H2,1-3H3,(H,31,35)/t25-/m0/s1. The molecular formula is C28H31Cl2N3O4S. The zero-order chi connectivity index (χ0) is 27.9. The summed E-state index contributed by atoms with van der Waals surface area (Å²) in [4.78, 5) is 28.4. The molecule has 0 fully saturated rings. The van der Waals surface area contributed by atoms with Crippen molar-refractivity contribution in [2.24, 2.45) is 0 Å². The van der Waals surface area contributed by atoms with Crippen LogP contribution in [0.2, 0.25) is 10.0 Å². The first-order valence-corrected chi connectivity index (χ1v) is 14.4. The van der Waals surface area contributed by atoms with E-state index < -0.39 is 28.5 Å². The third-order valence-electron chi connectivity index (χ3n) is 6.05. The summed E-state index contributed by atoms with van der Waals surface area (Å²) in [6, 6.07) is 18.9. The van der Waals surface area contributed by atoms with Crippen LogP contribution < -0.4 is 9.62 Å². The largest absolute Gasteiger partial charge is 0.355 e. The lowest BCUT2D eigenvalue weighted by Crippen LogP contribution is -2.52. The van der Waals surface area contributed by atoms with Crippen LogP contribution in [0.4, 0.5) is 5.69 Å². The summed E-state index contributed by atoms with van der Waals surface area (Å²) in [6.45, 7) is 5.32. The number of nitrogens with zero attached hydrogens (tertiary/aromatic N) is 2. The second kappa shape index (κ2) is 13.1. The van der Waals surface area contributed by atoms with Crippen LogP contribution in [0.25, 0.3) is 0 Å². The fraction of sp³-hybridized carbons (Fsp3) is 0.286. The van der Waals surface area contributed by atoms with Gasteiger partial charge in [-0.05, 0) is 67.8 Å². The maximum absolute atomic E-state index is 14.0. The highest BCUT2D eigenvalue weighted by atomic mass is 35.5. The summed E-state index contributed by atoms with van der Waals surface area (Å²) >= 11 is 12.3. The summed E-state index contributed by atoms with van der Waals surface area (Å²) in [5, 5.41) is 3.65. The van der Waals surface area contributed by atoms with Crippen LogP contribution in [0.3, 0.4) is 0 Å². The number of hydrogen-bond acceptors (Lipinski definition) is 4. The monoisotopic (exact) mass is 575 g/mol. The molecule has 0 aliphatic heterocycles. The Morgan fingerprint density at radius 3 is 2.16 bits per heavy atom. The maximum Gasteiger partial charge on any atom is 0.264 e. The molecule has 10 heteroatoms. The molecule has 0 radical (unpaired) electrons. The normalized spacial score (nSPS) is 12.0. The van der Waals surface area contributed by atoms with E-state index in [0.717, 1.165) is 9.87 Å². The van der Waals surface area contributed by atoms with Gasteiger partial charge in [-0.1, -0.05) is 66.5 Å². The topological polar surface area (TPSA) is 86.8 Å². The summed E-state index contributed by atoms with van der Waals surface area (Å²) in [5.41, 5.74) is 1.66. The molecule has 1 atom stereocenters. The Morgan fingerprint density at radius 1 is 0.921 bits per heavy atom. The van der Waals surface area contributed by atoms with Gasteiger partial charge in [0.25, 0.3) is 10.0 Å². The lowest BCUT2D eigenvalue weighted by atomic mass is 10.1. The van der Waals surface area contributed by atoms with Crippen LogP contribution in [0.15, 0.2) is 77.7 Å². The van der Waals surface area contributed by atoms with Gasteiger partial charge < -0.3 is 10.2 Å². The number of likely N-dealkylation sites (N-methyl/N-ethyl adjacent to an activating group) is 1. The van der Waals surface area contributed by atoms with Gasteiger partial charge in [0.2, 0.25) is 11.8 Å². The molecule has 0 aliphatic carbocycles. The van der Waals surface area contributed by atoms with Gasteiger partial charge in [-0.15, -0.1) is 0 Å². The van der Waals surface area contributed by atoms with E-state index in [-0.39, 0.29) is 23.0 Å². The minimum Gasteiger partial charge on any atom is -0.355 e. The number of carbonyl (C=O) groups is 2. The Bertz CT molecular complexity index is 1370. The number of rotatable bonds is 11. The second-order valence-corrected chi connectivity index (χ2v) is 11.5. The maximum atomic E-state index is 14.0. The molecule has 38 heavy (non-hydrogen) atoms. The van der Waals surface area contributed by atoms with Crippen molar-refractivity contribution in [1.82, 2.24) is 10.2 Å². The minimum absolute atomic E-state index is 0.0344. The molecule has 3 rings (SSSR count). The molecule has 2 amide bonds. The van der Waals surface area contributed by atoms with Crippen LogP contribution >= 0.6 is 23.2 Å². The highest BCUT2D eigenvalue weighted by Crippen LogP contribution is 2.30. The van der Waals surface area contributed by atoms with Crippen LogP contribution in [0, 0.1) is 6.92 Å². The lowest BCUT2D eigenvalue weighted by Gasteiger charge is -2.33. The van der Waals surface area contributed by atoms with Crippen molar-refractivity contribution in [2.45, 2.75) is 44.7 Å². The number of benzene rings is 3. The van der Waals surface area contributed by atoms with Crippen LogP contribution in [-0.4, -0.2) is 44.3 Å². The Kier molecular flexibility index (Phi) is 10.2. The molecule has 3 aromatic rings. The van der Waals surface area contributed by atoms with Crippen molar-refractivity contribution >= 4 is 50.7 Å². The van der Waals surface area contributed by atoms with Crippen LogP contribution in [-0.2, 0) is 26.2 Å². The third-order valence-corrected chi connectivity index (χ3v) is 8.31. The molecule has 0 heterocycles. The Labute approximate surface area is 234 Å². The second-order valence-electron chi connectivity index (χ2n) is 8.72. The molecule has 0 unspecified atom stereocenters. The van der Waals surface area contributed by atoms with Gasteiger partial charge in [0, 0.05) is 23.1 Å². The van der Waals surface area contributed by atoms with Gasteiger partial charge in [-0.25, -0.2) is 8.42 Å². The first-order valence-electron chi connectivity index (χ1n) is 12.2. The number of carbonyl (C=O) groups excluding carboxylic acids is 2. The van der Waals surface area contributed by atoms with Gasteiger partial charge in [0.1, 0.15) is 12.6 Å². The molecule has 7 nitrogen and oxygen atoms in total. The van der Waals surface area contributed by atoms with Crippen molar-refractivity contribution in [3.05, 3.63) is 94.0 Å². The van der Waals surface area contributed by atoms with E-state index in [0.29, 0.717) is 28.6 Å². The van der Waals surface area contributed by atoms with E-state index in [9.17, 15) is 18.0 Å². The smallest absolute Gasteiger partial charge is 0.264 e. The minimum atomic E-state index is -4.15. The average Bonchev–Trinajstić information content (AvgIpc) is 2.90. The number of anilines is 1. The van der Waals surface area contributed by atoms with Crippen molar-refractivity contribution in [2.75, 3.05) is 17.4 Å². The van der Waals surface area contributed by atoms with Gasteiger partial charge in [-0.3, -0.25) is 13.9 Å². The van der Waals surface area contributed by atoms with E-state index in [1.807, 2.05) is 6.92 Å². The zero-order valence-corrected chi connectivity index (χ0v) is 23.9. The molecule has 3 aromatic carbocycles. The molecule has 0 saturated carbocycles. The first-order chi connectivity index (χ1) is 18.1. The molecule has 0 bridgehead atoms. The molecule has 0 aliphatic rings. The quantitative estimate of drug-likeness (QED) is 0.330. The van der Waals surface area contributed by atoms with E-state index in [1.165, 1.54) is 23.1 Å². The number of nitrogens with one attached hydrogen (secondary N) is 1. The number of amides is 2. The van der Waals surface area contributed by atoms with Gasteiger partial charge in [-0.2, -0.15) is 0 Å². The van der Waals surface area contributed by atoms with Crippen molar-refractivity contribution in [3.8, 4) is 0 Å². The number of halogens is 2. The fourth-order valence-electron chi connectivity index (χ4n) is 4.08. The van der Waals surface area contributed by atoms with Gasteiger partial charge in [0.05, 0.1) is 10.6 Å². The van der Waals surface area contributed by atoms with Gasteiger partial charge >= 0.3 is 0 Å². The van der Waals surface area contributed by atoms with Crippen LogP contribution in [0.5, 0.6) is 0 Å². The molecule has 202 valence electrons. The van der Waals surface area contributed by atoms with E-state index >= 15 is 0 Å². The molecular weight excluding hydrogens is 545 g/mol. The fourth-order valence-corrected chi connectivity index (χ4v) is 5.87. The Hall–Kier alpha value is -3.07. The Morgan fingerprint density at radius 2 is 1.55 bits per heavy atom. The highest BCUT2D eigenvalue weighted by Gasteiger charge is 2.34. The zero-order valence-electron chi connectivity index (χ0n) is 21.5. The first kappa shape index (κ1) is 29.5. The predicted molar refractivity (Wildman–Crippen MR) is 152 cm³/mol. The molecule has 0 saturated heterocycles. The van der Waals surface area contributed by atoms with E-state index in [2.05, 4.69) is 5.32 Å². The van der Waals surface area contributed by atoms with Crippen molar-refractivity contribution < 1.29 is 18.0 Å². The van der Waals surface area contributed by atoms with Crippen molar-refractivity contribution in [1.29, 1.82) is 0 Å². The third kappa shape index (κ3) is 7.07. The van der Waals surface area contributed by atoms with E-state index in [4.69, 9.17) is 23.2 Å². The van der Waals surface area contributed by atoms with Crippen LogP contribution in [0.1, 0.15) is 31.4 Å². The predicted octanol–water partition coefficient (Wildman–Crippen LogP) is 5.44. The molecule has 0 aromatic heterocycles. The summed E-state index contributed by atoms with van der Waals surface area (Å²) in [5.74, 6) is -0.842. The molecule has 1 N–H and O–H groups in total. The molecule has 0 spiro atoms. The van der Waals surface area contributed by atoms with Crippen molar-refractivity contribution in [3.63, 3.8) is 0 Å². The summed E-state index contributed by atoms with van der Waals surface area (Å²) in [7, 11) is -4.15. The highest BCUT2D eigenvalue weighted by molar-refractivity contribution is 7.92. The number of aryl methyl sites for hydroxylation is 1. The average molecular weight is 577 g/mol. The number of hydrogen-bond donors (Lipinski definition) is 1. The Balaban J connectivity index is 2.08.